The molecule has 1 aliphatic heterocycles. The van der Waals surface area contributed by atoms with Crippen molar-refractivity contribution in [2.75, 3.05) is 31.2 Å². The molecule has 5 heteroatoms. The van der Waals surface area contributed by atoms with E-state index < -0.39 is 0 Å². The van der Waals surface area contributed by atoms with E-state index in [4.69, 9.17) is 10.5 Å². The Hall–Kier alpha value is -2.14. The Morgan fingerprint density at radius 1 is 1.16 bits per heavy atom. The molecule has 1 aromatic rings. The summed E-state index contributed by atoms with van der Waals surface area (Å²) in [7, 11) is 0. The fraction of sp³-hybridized carbons (Fsp3) is 0.286. The highest BCUT2D eigenvalue weighted by molar-refractivity contribution is 5.84. The van der Waals surface area contributed by atoms with E-state index in [1.807, 2.05) is 24.3 Å². The number of anilines is 1. The molecule has 1 aromatic carbocycles. The lowest BCUT2D eigenvalue weighted by Gasteiger charge is -2.28. The van der Waals surface area contributed by atoms with Gasteiger partial charge in [-0.2, -0.15) is 0 Å². The molecule has 0 radical (unpaired) electrons. The Labute approximate surface area is 114 Å². The Bertz CT molecular complexity index is 422. The van der Waals surface area contributed by atoms with E-state index in [-0.39, 0.29) is 5.96 Å². The maximum absolute atomic E-state index is 5.48. The van der Waals surface area contributed by atoms with Crippen LogP contribution in [0.4, 0.5) is 11.4 Å². The molecule has 0 amide bonds. The van der Waals surface area contributed by atoms with Gasteiger partial charge in [0, 0.05) is 18.8 Å². The van der Waals surface area contributed by atoms with E-state index in [1.165, 1.54) is 5.69 Å². The van der Waals surface area contributed by atoms with Crippen molar-refractivity contribution in [1.82, 2.24) is 0 Å². The highest BCUT2D eigenvalue weighted by Crippen LogP contribution is 2.20. The maximum Gasteiger partial charge on any atom is 0.219 e. The molecule has 1 heterocycles. The number of guanidine groups is 1. The van der Waals surface area contributed by atoms with Gasteiger partial charge in [0.15, 0.2) is 0 Å². The average Bonchev–Trinajstić information content (AvgIpc) is 2.51. The number of rotatable bonds is 2. The summed E-state index contributed by atoms with van der Waals surface area (Å²) in [5.41, 5.74) is 7.44. The standard InChI is InChI=1S/C12H16N4O.C2H4/c1-14-12(13)15-10-2-4-11(5-3-10)16-6-8-17-9-7-16;1-2/h2-5H,1,6-9H2,(H2,13,15);1-2H2. The first-order valence-electron chi connectivity index (χ1n) is 6.03. The van der Waals surface area contributed by atoms with Gasteiger partial charge in [-0.15, -0.1) is 13.2 Å². The van der Waals surface area contributed by atoms with Crippen LogP contribution in [-0.4, -0.2) is 39.0 Å². The molecule has 0 bridgehead atoms. The number of nitrogens with zero attached hydrogens (tertiary/aromatic N) is 3. The molecule has 5 nitrogen and oxygen atoms in total. The third-order valence-electron chi connectivity index (χ3n) is 2.63. The minimum Gasteiger partial charge on any atom is -0.378 e. The minimum atomic E-state index is 0.184. The van der Waals surface area contributed by atoms with Gasteiger partial charge in [-0.1, -0.05) is 0 Å². The monoisotopic (exact) mass is 260 g/mol. The Morgan fingerprint density at radius 3 is 2.26 bits per heavy atom. The summed E-state index contributed by atoms with van der Waals surface area (Å²) in [4.78, 5) is 9.92. The van der Waals surface area contributed by atoms with Gasteiger partial charge in [0.05, 0.1) is 18.9 Å². The molecular weight excluding hydrogens is 240 g/mol. The molecule has 1 saturated heterocycles. The van der Waals surface area contributed by atoms with Gasteiger partial charge in [-0.25, -0.2) is 9.98 Å². The van der Waals surface area contributed by atoms with Crippen LogP contribution in [0.5, 0.6) is 0 Å². The second-order valence-corrected chi connectivity index (χ2v) is 3.74. The molecule has 0 spiro atoms. The third-order valence-corrected chi connectivity index (χ3v) is 2.63. The molecule has 0 unspecified atom stereocenters. The summed E-state index contributed by atoms with van der Waals surface area (Å²) >= 11 is 0. The smallest absolute Gasteiger partial charge is 0.219 e. The highest BCUT2D eigenvalue weighted by atomic mass is 16.5. The van der Waals surface area contributed by atoms with Crippen molar-refractivity contribution < 1.29 is 4.74 Å². The molecule has 1 aliphatic rings. The van der Waals surface area contributed by atoms with Crippen LogP contribution in [-0.2, 0) is 4.74 Å². The first-order chi connectivity index (χ1) is 9.29. The van der Waals surface area contributed by atoms with Gasteiger partial charge >= 0.3 is 0 Å². The lowest BCUT2D eigenvalue weighted by atomic mass is 10.2. The Morgan fingerprint density at radius 2 is 1.74 bits per heavy atom. The number of hydrogen-bond acceptors (Lipinski definition) is 3. The molecule has 1 fully saturated rings. The zero-order chi connectivity index (χ0) is 14.1. The zero-order valence-electron chi connectivity index (χ0n) is 11.1. The molecule has 102 valence electrons. The van der Waals surface area contributed by atoms with Crippen molar-refractivity contribution in [3.05, 3.63) is 37.4 Å². The zero-order valence-corrected chi connectivity index (χ0v) is 11.1. The van der Waals surface area contributed by atoms with Crippen LogP contribution in [0.15, 0.2) is 47.4 Å². The Balaban J connectivity index is 0.000000861. The van der Waals surface area contributed by atoms with Crippen LogP contribution in [0.2, 0.25) is 0 Å². The quantitative estimate of drug-likeness (QED) is 0.502. The largest absolute Gasteiger partial charge is 0.378 e. The van der Waals surface area contributed by atoms with Gasteiger partial charge in [-0.3, -0.25) is 0 Å². The lowest BCUT2D eigenvalue weighted by Crippen LogP contribution is -2.36. The molecule has 0 atom stereocenters. The summed E-state index contributed by atoms with van der Waals surface area (Å²) in [6.07, 6.45) is 0. The van der Waals surface area contributed by atoms with Crippen LogP contribution < -0.4 is 10.6 Å². The number of benzene rings is 1. The first-order valence-corrected chi connectivity index (χ1v) is 6.03. The first kappa shape index (κ1) is 14.9. The fourth-order valence-corrected chi connectivity index (χ4v) is 1.73. The second kappa shape index (κ2) is 8.05. The molecule has 2 N–H and O–H groups in total. The number of morpholine rings is 1. The van der Waals surface area contributed by atoms with Crippen LogP contribution in [0.1, 0.15) is 0 Å². The summed E-state index contributed by atoms with van der Waals surface area (Å²) in [5.74, 6) is 0.184. The van der Waals surface area contributed by atoms with Gasteiger partial charge in [0.1, 0.15) is 0 Å². The van der Waals surface area contributed by atoms with Gasteiger partial charge in [-0.05, 0) is 31.0 Å². The number of aliphatic imine (C=N–C) groups is 2. The maximum atomic E-state index is 5.48. The molecule has 0 aromatic heterocycles. The summed E-state index contributed by atoms with van der Waals surface area (Å²) in [6, 6.07) is 7.90. The molecule has 19 heavy (non-hydrogen) atoms. The number of hydrogen-bond donors (Lipinski definition) is 1. The molecular formula is C14H20N4O. The molecule has 2 rings (SSSR count). The topological polar surface area (TPSA) is 63.2 Å². The van der Waals surface area contributed by atoms with Crippen LogP contribution in [0, 0.1) is 0 Å². The van der Waals surface area contributed by atoms with Crippen molar-refractivity contribution in [1.29, 1.82) is 0 Å². The van der Waals surface area contributed by atoms with E-state index in [0.717, 1.165) is 32.0 Å². The van der Waals surface area contributed by atoms with E-state index in [2.05, 4.69) is 34.8 Å². The van der Waals surface area contributed by atoms with E-state index in [0.29, 0.717) is 0 Å². The molecule has 0 aliphatic carbocycles. The summed E-state index contributed by atoms with van der Waals surface area (Å²) < 4.78 is 5.31. The summed E-state index contributed by atoms with van der Waals surface area (Å²) in [5, 5.41) is 0. The van der Waals surface area contributed by atoms with E-state index in [9.17, 15) is 0 Å². The summed E-state index contributed by atoms with van der Waals surface area (Å²) in [6.45, 7) is 12.7. The van der Waals surface area contributed by atoms with Gasteiger partial charge < -0.3 is 15.4 Å². The van der Waals surface area contributed by atoms with Crippen LogP contribution >= 0.6 is 0 Å². The van der Waals surface area contributed by atoms with Gasteiger partial charge in [0.25, 0.3) is 0 Å². The van der Waals surface area contributed by atoms with Crippen LogP contribution in [0.3, 0.4) is 0 Å². The second-order valence-electron chi connectivity index (χ2n) is 3.74. The van der Waals surface area contributed by atoms with Crippen molar-refractivity contribution in [2.24, 2.45) is 15.7 Å². The van der Waals surface area contributed by atoms with Crippen molar-refractivity contribution in [3.63, 3.8) is 0 Å². The molecule has 0 saturated carbocycles. The van der Waals surface area contributed by atoms with Crippen LogP contribution in [0.25, 0.3) is 0 Å². The average molecular weight is 260 g/mol. The van der Waals surface area contributed by atoms with E-state index >= 15 is 0 Å². The minimum absolute atomic E-state index is 0.184. The SMILES string of the molecule is C=C.C=NC(N)=Nc1ccc(N2CCOCC2)cc1. The van der Waals surface area contributed by atoms with Crippen molar-refractivity contribution in [2.45, 2.75) is 0 Å². The van der Waals surface area contributed by atoms with Crippen molar-refractivity contribution in [3.8, 4) is 0 Å². The number of ether oxygens (including phenoxy) is 1. The van der Waals surface area contributed by atoms with E-state index in [1.54, 1.807) is 0 Å². The predicted molar refractivity (Wildman–Crippen MR) is 81.6 cm³/mol. The highest BCUT2D eigenvalue weighted by Gasteiger charge is 2.10. The van der Waals surface area contributed by atoms with Gasteiger partial charge in [0.2, 0.25) is 5.96 Å². The Kier molecular flexibility index (Phi) is 6.32. The van der Waals surface area contributed by atoms with Crippen molar-refractivity contribution >= 4 is 24.1 Å². The lowest BCUT2D eigenvalue weighted by molar-refractivity contribution is 0.122. The third kappa shape index (κ3) is 4.56. The normalized spacial score (nSPS) is 15.4. The number of nitrogens with two attached hydrogens (primary N) is 1. The predicted octanol–water partition coefficient (Wildman–Crippen LogP) is 1.97. The fourth-order valence-electron chi connectivity index (χ4n) is 1.73.